The van der Waals surface area contributed by atoms with E-state index in [0.717, 1.165) is 4.73 Å². The van der Waals surface area contributed by atoms with Gasteiger partial charge in [-0.1, -0.05) is 12.1 Å². The van der Waals surface area contributed by atoms with Crippen LogP contribution >= 0.6 is 0 Å². The molecule has 1 amide bonds. The lowest BCUT2D eigenvalue weighted by Crippen LogP contribution is -2.07. The van der Waals surface area contributed by atoms with E-state index in [1.165, 1.54) is 13.0 Å². The van der Waals surface area contributed by atoms with Crippen molar-refractivity contribution < 1.29 is 14.7 Å². The summed E-state index contributed by atoms with van der Waals surface area (Å²) in [4.78, 5) is 15.7. The maximum Gasteiger partial charge on any atom is 0.221 e. The normalized spacial score (nSPS) is 10.7. The summed E-state index contributed by atoms with van der Waals surface area (Å²) in [5.74, 6) is 0.0439. The van der Waals surface area contributed by atoms with Crippen LogP contribution in [0.2, 0.25) is 0 Å². The van der Waals surface area contributed by atoms with Crippen molar-refractivity contribution in [3.05, 3.63) is 47.7 Å². The highest BCUT2D eigenvalue weighted by Crippen LogP contribution is 2.30. The van der Waals surface area contributed by atoms with Crippen LogP contribution in [0, 0.1) is 5.21 Å². The Morgan fingerprint density at radius 1 is 1.35 bits per heavy atom. The van der Waals surface area contributed by atoms with E-state index in [-0.39, 0.29) is 11.7 Å². The van der Waals surface area contributed by atoms with Crippen molar-refractivity contribution in [2.45, 2.75) is 6.92 Å². The molecule has 1 heterocycles. The Morgan fingerprint density at radius 2 is 2.09 bits per heavy atom. The number of aromatic nitrogens is 2. The summed E-state index contributed by atoms with van der Waals surface area (Å²) in [6.07, 6.45) is 0. The van der Waals surface area contributed by atoms with Gasteiger partial charge in [-0.25, -0.2) is 4.98 Å². The summed E-state index contributed by atoms with van der Waals surface area (Å²) >= 11 is 0. The number of anilines is 1. The largest absolute Gasteiger partial charge is 0.619 e. The molecule has 0 aliphatic carbocycles. The molecule has 0 unspecified atom stereocenters. The standard InChI is InChI=1S/C16H14N4O3/c1-10(21)17-13-6-4-3-5-12(13)16-18-14-8-7-11(19(2)22)9-15(14)20(16)23/h3-9,23H,2H2,1H3,(H,17,21). The molecule has 7 heteroatoms. The summed E-state index contributed by atoms with van der Waals surface area (Å²) in [5, 5.41) is 24.4. The predicted octanol–water partition coefficient (Wildman–Crippen LogP) is 2.74. The van der Waals surface area contributed by atoms with E-state index in [1.807, 2.05) is 0 Å². The van der Waals surface area contributed by atoms with Crippen molar-refractivity contribution in [3.8, 4) is 11.4 Å². The van der Waals surface area contributed by atoms with E-state index < -0.39 is 0 Å². The van der Waals surface area contributed by atoms with Crippen LogP contribution in [0.5, 0.6) is 0 Å². The van der Waals surface area contributed by atoms with Gasteiger partial charge in [0.25, 0.3) is 0 Å². The van der Waals surface area contributed by atoms with Crippen molar-refractivity contribution >= 4 is 35.0 Å². The molecule has 0 atom stereocenters. The fraction of sp³-hybridized carbons (Fsp3) is 0.0625. The number of para-hydroxylation sites is 1. The lowest BCUT2D eigenvalue weighted by Gasteiger charge is -2.08. The van der Waals surface area contributed by atoms with E-state index in [4.69, 9.17) is 0 Å². The number of benzene rings is 2. The molecule has 116 valence electrons. The van der Waals surface area contributed by atoms with Crippen molar-refractivity contribution in [2.24, 2.45) is 0 Å². The Hall–Kier alpha value is -3.35. The first kappa shape index (κ1) is 14.6. The van der Waals surface area contributed by atoms with Crippen LogP contribution in [0.3, 0.4) is 0 Å². The first-order chi connectivity index (χ1) is 11.0. The number of carbonyl (C=O) groups is 1. The lowest BCUT2D eigenvalue weighted by molar-refractivity contribution is -0.349. The molecule has 0 aliphatic rings. The molecule has 1 aromatic heterocycles. The Bertz CT molecular complexity index is 930. The molecule has 0 fully saturated rings. The molecule has 3 aromatic rings. The van der Waals surface area contributed by atoms with Gasteiger partial charge in [-0.05, 0) is 18.2 Å². The van der Waals surface area contributed by atoms with E-state index in [1.54, 1.807) is 36.4 Å². The number of hydrogen-bond acceptors (Lipinski definition) is 4. The van der Waals surface area contributed by atoms with E-state index in [0.29, 0.717) is 32.7 Å². The Balaban J connectivity index is 2.20. The number of rotatable bonds is 3. The van der Waals surface area contributed by atoms with Crippen LogP contribution in [-0.4, -0.2) is 32.3 Å². The summed E-state index contributed by atoms with van der Waals surface area (Å²) in [6, 6.07) is 11.7. The zero-order chi connectivity index (χ0) is 16.6. The number of nitrogens with zero attached hydrogens (tertiary/aromatic N) is 3. The zero-order valence-corrected chi connectivity index (χ0v) is 12.4. The average molecular weight is 310 g/mol. The SMILES string of the molecule is C=[N+]([O-])c1ccc2nc(-c3ccccc3NC(C)=O)n(O)c2c1. The molecular weight excluding hydrogens is 296 g/mol. The molecule has 0 saturated carbocycles. The van der Waals surface area contributed by atoms with Gasteiger partial charge < -0.3 is 15.7 Å². The van der Waals surface area contributed by atoms with E-state index in [9.17, 15) is 15.2 Å². The van der Waals surface area contributed by atoms with Gasteiger partial charge in [0, 0.05) is 24.6 Å². The summed E-state index contributed by atoms with van der Waals surface area (Å²) < 4.78 is 1.35. The topological polar surface area (TPSA) is 93.2 Å². The highest BCUT2D eigenvalue weighted by atomic mass is 16.5. The average Bonchev–Trinajstić information content (AvgIpc) is 2.84. The molecule has 0 aliphatic heterocycles. The Morgan fingerprint density at radius 3 is 2.78 bits per heavy atom. The molecule has 2 aromatic carbocycles. The molecule has 2 N–H and O–H groups in total. The van der Waals surface area contributed by atoms with Gasteiger partial charge in [-0.2, -0.15) is 9.47 Å². The van der Waals surface area contributed by atoms with Gasteiger partial charge in [-0.3, -0.25) is 4.79 Å². The van der Waals surface area contributed by atoms with Crippen LogP contribution in [0.4, 0.5) is 11.4 Å². The third kappa shape index (κ3) is 2.59. The first-order valence-electron chi connectivity index (χ1n) is 6.84. The molecule has 0 saturated heterocycles. The highest BCUT2D eigenvalue weighted by Gasteiger charge is 2.17. The van der Waals surface area contributed by atoms with Crippen molar-refractivity contribution in [3.63, 3.8) is 0 Å². The molecular formula is C16H14N4O3. The summed E-state index contributed by atoms with van der Waals surface area (Å²) in [5.41, 5.74) is 2.30. The molecule has 3 rings (SSSR count). The predicted molar refractivity (Wildman–Crippen MR) is 87.1 cm³/mol. The van der Waals surface area contributed by atoms with Crippen LogP contribution < -0.4 is 5.32 Å². The first-order valence-corrected chi connectivity index (χ1v) is 6.84. The lowest BCUT2D eigenvalue weighted by atomic mass is 10.1. The van der Waals surface area contributed by atoms with Crippen molar-refractivity contribution in [1.29, 1.82) is 0 Å². The molecule has 0 radical (unpaired) electrons. The van der Waals surface area contributed by atoms with E-state index in [2.05, 4.69) is 17.0 Å². The minimum absolute atomic E-state index is 0.223. The zero-order valence-electron chi connectivity index (χ0n) is 12.4. The fourth-order valence-electron chi connectivity index (χ4n) is 2.36. The van der Waals surface area contributed by atoms with Crippen LogP contribution in [-0.2, 0) is 4.79 Å². The maximum atomic E-state index is 11.3. The van der Waals surface area contributed by atoms with E-state index >= 15 is 0 Å². The number of amides is 1. The Kier molecular flexibility index (Phi) is 3.46. The summed E-state index contributed by atoms with van der Waals surface area (Å²) in [6.45, 7) is 4.68. The number of hydrogen-bond donors (Lipinski definition) is 2. The van der Waals surface area contributed by atoms with Gasteiger partial charge in [0.15, 0.2) is 5.82 Å². The minimum atomic E-state index is -0.223. The highest BCUT2D eigenvalue weighted by molar-refractivity contribution is 5.94. The molecule has 7 nitrogen and oxygen atoms in total. The van der Waals surface area contributed by atoms with Crippen LogP contribution in [0.15, 0.2) is 42.5 Å². The van der Waals surface area contributed by atoms with Gasteiger partial charge in [-0.15, -0.1) is 0 Å². The van der Waals surface area contributed by atoms with Crippen molar-refractivity contribution in [2.75, 3.05) is 5.32 Å². The minimum Gasteiger partial charge on any atom is -0.619 e. The van der Waals surface area contributed by atoms with Crippen molar-refractivity contribution in [1.82, 2.24) is 9.71 Å². The number of imidazole rings is 1. The number of nitrogens with one attached hydrogen (secondary N) is 1. The number of carbonyl (C=O) groups excluding carboxylic acids is 1. The molecule has 0 bridgehead atoms. The van der Waals surface area contributed by atoms with Gasteiger partial charge >= 0.3 is 0 Å². The second-order valence-corrected chi connectivity index (χ2v) is 5.03. The smallest absolute Gasteiger partial charge is 0.221 e. The second kappa shape index (κ2) is 5.45. The van der Waals surface area contributed by atoms with Gasteiger partial charge in [0.1, 0.15) is 12.2 Å². The third-order valence-corrected chi connectivity index (χ3v) is 3.38. The quantitative estimate of drug-likeness (QED) is 0.256. The summed E-state index contributed by atoms with van der Waals surface area (Å²) in [7, 11) is 0. The molecule has 23 heavy (non-hydrogen) atoms. The molecule has 0 spiro atoms. The van der Waals surface area contributed by atoms with Gasteiger partial charge in [0.2, 0.25) is 11.6 Å². The Labute approximate surface area is 131 Å². The van der Waals surface area contributed by atoms with Crippen LogP contribution in [0.25, 0.3) is 22.4 Å². The second-order valence-electron chi connectivity index (χ2n) is 5.03. The third-order valence-electron chi connectivity index (χ3n) is 3.38. The monoisotopic (exact) mass is 310 g/mol. The van der Waals surface area contributed by atoms with Crippen LogP contribution in [0.1, 0.15) is 6.92 Å². The fourth-order valence-corrected chi connectivity index (χ4v) is 2.36. The number of fused-ring (bicyclic) bond motifs is 1. The van der Waals surface area contributed by atoms with Gasteiger partial charge in [0.05, 0.1) is 11.2 Å². The maximum absolute atomic E-state index is 11.3.